The molecule has 0 spiro atoms. The van der Waals surface area contributed by atoms with Crippen LogP contribution in [0.5, 0.6) is 0 Å². The molecule has 0 aliphatic carbocycles. The van der Waals surface area contributed by atoms with Crippen molar-refractivity contribution in [1.82, 2.24) is 4.90 Å². The second-order valence-corrected chi connectivity index (χ2v) is 3.22. The zero-order valence-corrected chi connectivity index (χ0v) is 8.06. The number of methoxy groups -OCH3 is 1. The molecule has 0 atom stereocenters. The van der Waals surface area contributed by atoms with Gasteiger partial charge >= 0.3 is 6.09 Å². The van der Waals surface area contributed by atoms with Gasteiger partial charge in [-0.3, -0.25) is 4.79 Å². The molecular weight excluding hydrogens is 188 g/mol. The Bertz CT molecular complexity index is 225. The van der Waals surface area contributed by atoms with Crippen LogP contribution in [0.3, 0.4) is 0 Å². The summed E-state index contributed by atoms with van der Waals surface area (Å²) in [6.45, 7) is 1.63. The predicted octanol–water partition coefficient (Wildman–Crippen LogP) is -0.813. The first-order valence-corrected chi connectivity index (χ1v) is 4.32. The Kier molecular flexibility index (Phi) is 3.70. The van der Waals surface area contributed by atoms with Gasteiger partial charge in [-0.05, 0) is 0 Å². The molecule has 0 aromatic rings. The van der Waals surface area contributed by atoms with E-state index in [1.807, 2.05) is 0 Å². The highest BCUT2D eigenvalue weighted by Crippen LogP contribution is 2.16. The van der Waals surface area contributed by atoms with Crippen LogP contribution in [0.1, 0.15) is 0 Å². The van der Waals surface area contributed by atoms with Crippen LogP contribution in [0.2, 0.25) is 0 Å². The summed E-state index contributed by atoms with van der Waals surface area (Å²) in [6.07, 6.45) is -0.323. The molecule has 1 heterocycles. The largest absolute Gasteiger partial charge is 0.453 e. The third-order valence-corrected chi connectivity index (χ3v) is 1.99. The highest BCUT2D eigenvalue weighted by Gasteiger charge is 2.31. The van der Waals surface area contributed by atoms with Gasteiger partial charge in [0.25, 0.3) is 0 Å². The SMILES string of the molecule is COC(=O)N1CC(COCC(N)=O)C1. The maximum absolute atomic E-state index is 10.9. The molecule has 6 heteroatoms. The molecule has 1 fully saturated rings. The molecule has 14 heavy (non-hydrogen) atoms. The lowest BCUT2D eigenvalue weighted by molar-refractivity contribution is -0.123. The van der Waals surface area contributed by atoms with Crippen molar-refractivity contribution in [2.75, 3.05) is 33.4 Å². The zero-order chi connectivity index (χ0) is 10.6. The van der Waals surface area contributed by atoms with E-state index in [1.54, 1.807) is 4.90 Å². The molecule has 1 rings (SSSR count). The van der Waals surface area contributed by atoms with Crippen LogP contribution in [0.4, 0.5) is 4.79 Å². The molecule has 0 saturated carbocycles. The van der Waals surface area contributed by atoms with Gasteiger partial charge in [-0.1, -0.05) is 0 Å². The first kappa shape index (κ1) is 10.8. The van der Waals surface area contributed by atoms with Crippen molar-refractivity contribution in [3.05, 3.63) is 0 Å². The lowest BCUT2D eigenvalue weighted by Crippen LogP contribution is -2.51. The van der Waals surface area contributed by atoms with Gasteiger partial charge in [0, 0.05) is 19.0 Å². The Labute approximate surface area is 81.9 Å². The van der Waals surface area contributed by atoms with Crippen molar-refractivity contribution in [2.24, 2.45) is 11.7 Å². The van der Waals surface area contributed by atoms with Gasteiger partial charge in [-0.25, -0.2) is 4.79 Å². The number of nitrogens with zero attached hydrogens (tertiary/aromatic N) is 1. The first-order valence-electron chi connectivity index (χ1n) is 4.32. The van der Waals surface area contributed by atoms with Crippen LogP contribution >= 0.6 is 0 Å². The van der Waals surface area contributed by atoms with Gasteiger partial charge in [-0.2, -0.15) is 0 Å². The molecule has 0 bridgehead atoms. The van der Waals surface area contributed by atoms with E-state index >= 15 is 0 Å². The van der Waals surface area contributed by atoms with Gasteiger partial charge in [0.15, 0.2) is 0 Å². The summed E-state index contributed by atoms with van der Waals surface area (Å²) >= 11 is 0. The van der Waals surface area contributed by atoms with Crippen LogP contribution in [0.15, 0.2) is 0 Å². The van der Waals surface area contributed by atoms with Crippen molar-refractivity contribution in [1.29, 1.82) is 0 Å². The second-order valence-electron chi connectivity index (χ2n) is 3.22. The van der Waals surface area contributed by atoms with Gasteiger partial charge in [0.05, 0.1) is 13.7 Å². The predicted molar refractivity (Wildman–Crippen MR) is 47.5 cm³/mol. The van der Waals surface area contributed by atoms with Gasteiger partial charge < -0.3 is 20.1 Å². The van der Waals surface area contributed by atoms with Crippen LogP contribution in [0, 0.1) is 5.92 Å². The normalized spacial score (nSPS) is 16.2. The van der Waals surface area contributed by atoms with E-state index in [0.717, 1.165) is 0 Å². The van der Waals surface area contributed by atoms with E-state index in [4.69, 9.17) is 10.5 Å². The number of likely N-dealkylation sites (tertiary alicyclic amines) is 1. The average Bonchev–Trinajstić information content (AvgIpc) is 2.07. The number of rotatable bonds is 4. The molecule has 0 unspecified atom stereocenters. The number of amides is 2. The fourth-order valence-corrected chi connectivity index (χ4v) is 1.28. The maximum Gasteiger partial charge on any atom is 0.409 e. The van der Waals surface area contributed by atoms with E-state index < -0.39 is 5.91 Å². The Morgan fingerprint density at radius 3 is 2.64 bits per heavy atom. The summed E-state index contributed by atoms with van der Waals surface area (Å²) in [4.78, 5) is 22.8. The molecule has 2 N–H and O–H groups in total. The molecule has 0 aromatic heterocycles. The quantitative estimate of drug-likeness (QED) is 0.646. The molecule has 80 valence electrons. The third-order valence-electron chi connectivity index (χ3n) is 1.99. The van der Waals surface area contributed by atoms with Crippen molar-refractivity contribution in [3.63, 3.8) is 0 Å². The standard InChI is InChI=1S/C8H14N2O4/c1-13-8(12)10-2-6(3-10)4-14-5-7(9)11/h6H,2-5H2,1H3,(H2,9,11). The molecule has 6 nitrogen and oxygen atoms in total. The van der Waals surface area contributed by atoms with E-state index in [2.05, 4.69) is 4.74 Å². The average molecular weight is 202 g/mol. The Morgan fingerprint density at radius 1 is 1.50 bits per heavy atom. The van der Waals surface area contributed by atoms with E-state index in [0.29, 0.717) is 19.7 Å². The summed E-state index contributed by atoms with van der Waals surface area (Å²) in [5.74, 6) is -0.192. The van der Waals surface area contributed by atoms with E-state index in [9.17, 15) is 9.59 Å². The molecule has 1 aliphatic rings. The molecule has 1 saturated heterocycles. The second kappa shape index (κ2) is 4.80. The summed E-state index contributed by atoms with van der Waals surface area (Å²) in [7, 11) is 1.35. The molecular formula is C8H14N2O4. The molecule has 0 radical (unpaired) electrons. The topological polar surface area (TPSA) is 81.9 Å². The number of ether oxygens (including phenoxy) is 2. The number of carbonyl (C=O) groups excluding carboxylic acids is 2. The molecule has 0 aromatic carbocycles. The monoisotopic (exact) mass is 202 g/mol. The minimum absolute atomic E-state index is 0.0608. The Hall–Kier alpha value is -1.30. The van der Waals surface area contributed by atoms with Gasteiger partial charge in [0.1, 0.15) is 6.61 Å². The zero-order valence-electron chi connectivity index (χ0n) is 8.06. The summed E-state index contributed by atoms with van der Waals surface area (Å²) in [5.41, 5.74) is 4.89. The smallest absolute Gasteiger partial charge is 0.409 e. The van der Waals surface area contributed by atoms with Crippen molar-refractivity contribution in [3.8, 4) is 0 Å². The Balaban J connectivity index is 2.04. The van der Waals surface area contributed by atoms with Crippen LogP contribution in [-0.4, -0.2) is 50.3 Å². The highest BCUT2D eigenvalue weighted by atomic mass is 16.5. The van der Waals surface area contributed by atoms with E-state index in [1.165, 1.54) is 7.11 Å². The number of primary amides is 1. The van der Waals surface area contributed by atoms with E-state index in [-0.39, 0.29) is 18.6 Å². The van der Waals surface area contributed by atoms with Gasteiger partial charge in [0.2, 0.25) is 5.91 Å². The number of nitrogens with two attached hydrogens (primary N) is 1. The fraction of sp³-hybridized carbons (Fsp3) is 0.750. The first-order chi connectivity index (χ1) is 6.63. The lowest BCUT2D eigenvalue weighted by Gasteiger charge is -2.37. The summed E-state index contributed by atoms with van der Waals surface area (Å²) < 4.78 is 9.52. The van der Waals surface area contributed by atoms with Crippen LogP contribution < -0.4 is 5.73 Å². The van der Waals surface area contributed by atoms with Gasteiger partial charge in [-0.15, -0.1) is 0 Å². The maximum atomic E-state index is 10.9. The summed E-state index contributed by atoms with van der Waals surface area (Å²) in [6, 6.07) is 0. The molecule has 2 amide bonds. The number of hydrogen-bond acceptors (Lipinski definition) is 4. The Morgan fingerprint density at radius 2 is 2.14 bits per heavy atom. The van der Waals surface area contributed by atoms with Crippen molar-refractivity contribution in [2.45, 2.75) is 0 Å². The number of carbonyl (C=O) groups is 2. The highest BCUT2D eigenvalue weighted by molar-refractivity contribution is 5.75. The fourth-order valence-electron chi connectivity index (χ4n) is 1.28. The van der Waals surface area contributed by atoms with Crippen LogP contribution in [-0.2, 0) is 14.3 Å². The summed E-state index contributed by atoms with van der Waals surface area (Å²) in [5, 5.41) is 0. The minimum Gasteiger partial charge on any atom is -0.453 e. The van der Waals surface area contributed by atoms with Crippen LogP contribution in [0.25, 0.3) is 0 Å². The number of hydrogen-bond donors (Lipinski definition) is 1. The minimum atomic E-state index is -0.478. The molecule has 1 aliphatic heterocycles. The third kappa shape index (κ3) is 2.88. The van der Waals surface area contributed by atoms with Crippen molar-refractivity contribution >= 4 is 12.0 Å². The lowest BCUT2D eigenvalue weighted by atomic mass is 10.0. The van der Waals surface area contributed by atoms with Crippen molar-refractivity contribution < 1.29 is 19.1 Å².